The van der Waals surface area contributed by atoms with Gasteiger partial charge in [-0.15, -0.1) is 0 Å². The number of benzene rings is 3. The monoisotopic (exact) mass is 514 g/mol. The van der Waals surface area contributed by atoms with Crippen LogP contribution in [0.5, 0.6) is 0 Å². The predicted molar refractivity (Wildman–Crippen MR) is 138 cm³/mol. The first-order valence-electron chi connectivity index (χ1n) is 12.8. The summed E-state index contributed by atoms with van der Waals surface area (Å²) < 4.78 is 80.4. The maximum Gasteiger partial charge on any atom is 0.167 e. The lowest BCUT2D eigenvalue weighted by Crippen LogP contribution is -2.26. The van der Waals surface area contributed by atoms with Gasteiger partial charge in [0.2, 0.25) is 0 Å². The summed E-state index contributed by atoms with van der Waals surface area (Å²) in [5.41, 5.74) is -0.437. The normalized spacial score (nSPS) is 18.0. The van der Waals surface area contributed by atoms with Crippen LogP contribution in [0.3, 0.4) is 0 Å². The van der Waals surface area contributed by atoms with Gasteiger partial charge in [0.05, 0.1) is 6.10 Å². The zero-order valence-electron chi connectivity index (χ0n) is 21.1. The minimum Gasteiger partial charge on any atom is -0.378 e. The summed E-state index contributed by atoms with van der Waals surface area (Å²) in [6.07, 6.45) is 8.74. The molecule has 1 nitrogen and oxygen atoms in total. The standard InChI is InChI=1S/C31H31F5O/c1-3-5-19-9-13-23(27(32)17-19)24-15-16-26(31(36)30(24)35)25-14-11-21(28(33)29(25)34)10-7-20-8-12-22(6-4-2)37-18-20/h3,5,9,11,13-17,20,22H,4,6-8,10,12,18H2,1-2H3/b5-3+. The molecule has 2 unspecified atom stereocenters. The Bertz CT molecular complexity index is 1280. The van der Waals surface area contributed by atoms with Gasteiger partial charge in [0.25, 0.3) is 0 Å². The van der Waals surface area contributed by atoms with Crippen molar-refractivity contribution in [3.63, 3.8) is 0 Å². The van der Waals surface area contributed by atoms with E-state index in [0.717, 1.165) is 31.7 Å². The molecule has 1 aliphatic heterocycles. The van der Waals surface area contributed by atoms with Crippen LogP contribution in [0.15, 0.2) is 48.5 Å². The molecule has 0 amide bonds. The first-order chi connectivity index (χ1) is 17.8. The molecule has 0 radical (unpaired) electrons. The highest BCUT2D eigenvalue weighted by atomic mass is 19.2. The molecule has 2 atom stereocenters. The van der Waals surface area contributed by atoms with E-state index in [4.69, 9.17) is 4.74 Å². The van der Waals surface area contributed by atoms with E-state index in [1.165, 1.54) is 30.3 Å². The van der Waals surface area contributed by atoms with Gasteiger partial charge < -0.3 is 4.74 Å². The van der Waals surface area contributed by atoms with Crippen LogP contribution in [0.25, 0.3) is 28.3 Å². The second-order valence-electron chi connectivity index (χ2n) is 9.65. The van der Waals surface area contributed by atoms with Gasteiger partial charge in [0, 0.05) is 28.9 Å². The quantitative estimate of drug-likeness (QED) is 0.272. The van der Waals surface area contributed by atoms with Crippen LogP contribution in [-0.4, -0.2) is 12.7 Å². The Morgan fingerprint density at radius 1 is 0.784 bits per heavy atom. The van der Waals surface area contributed by atoms with Crippen molar-refractivity contribution >= 4 is 6.08 Å². The van der Waals surface area contributed by atoms with Gasteiger partial charge >= 0.3 is 0 Å². The summed E-state index contributed by atoms with van der Waals surface area (Å²) >= 11 is 0. The molecule has 4 rings (SSSR count). The molecule has 1 heterocycles. The molecule has 6 heteroatoms. The molecule has 1 aliphatic rings. The fourth-order valence-electron chi connectivity index (χ4n) is 5.00. The van der Waals surface area contributed by atoms with Crippen molar-refractivity contribution in [2.75, 3.05) is 6.61 Å². The zero-order chi connectivity index (χ0) is 26.5. The average molecular weight is 515 g/mol. The predicted octanol–water partition coefficient (Wildman–Crippen LogP) is 9.28. The minimum atomic E-state index is -1.36. The Balaban J connectivity index is 1.53. The highest BCUT2D eigenvalue weighted by molar-refractivity contribution is 5.73. The molecular weight excluding hydrogens is 483 g/mol. The third-order valence-electron chi connectivity index (χ3n) is 7.07. The number of allylic oxidation sites excluding steroid dienone is 1. The number of hydrogen-bond acceptors (Lipinski definition) is 1. The summed E-state index contributed by atoms with van der Waals surface area (Å²) in [6, 6.07) is 9.18. The first kappa shape index (κ1) is 27.1. The Morgan fingerprint density at radius 2 is 1.41 bits per heavy atom. The van der Waals surface area contributed by atoms with Gasteiger partial charge in [-0.05, 0) is 62.1 Å². The molecule has 37 heavy (non-hydrogen) atoms. The SMILES string of the molecule is C/C=C/c1ccc(-c2ccc(-c3ccc(CCC4CCC(CCC)OC4)c(F)c3F)c(F)c2F)c(F)c1. The molecule has 3 aromatic rings. The molecular formula is C31H31F5O. The van der Waals surface area contributed by atoms with Crippen molar-refractivity contribution in [2.45, 2.75) is 58.5 Å². The maximum atomic E-state index is 15.0. The van der Waals surface area contributed by atoms with Crippen molar-refractivity contribution in [2.24, 2.45) is 5.92 Å². The van der Waals surface area contributed by atoms with Gasteiger partial charge in [-0.3, -0.25) is 0 Å². The van der Waals surface area contributed by atoms with Crippen LogP contribution in [0.4, 0.5) is 22.0 Å². The van der Waals surface area contributed by atoms with Gasteiger partial charge in [-0.1, -0.05) is 61.9 Å². The molecule has 0 saturated carbocycles. The van der Waals surface area contributed by atoms with Gasteiger partial charge in [-0.25, -0.2) is 22.0 Å². The summed E-state index contributed by atoms with van der Waals surface area (Å²) in [4.78, 5) is 0. The fourth-order valence-corrected chi connectivity index (χ4v) is 5.00. The molecule has 1 saturated heterocycles. The van der Waals surface area contributed by atoms with Crippen LogP contribution in [0, 0.1) is 35.0 Å². The van der Waals surface area contributed by atoms with E-state index in [0.29, 0.717) is 25.0 Å². The second-order valence-corrected chi connectivity index (χ2v) is 9.65. The summed E-state index contributed by atoms with van der Waals surface area (Å²) in [7, 11) is 0. The van der Waals surface area contributed by atoms with Crippen LogP contribution in [0.1, 0.15) is 57.1 Å². The lowest BCUT2D eigenvalue weighted by atomic mass is 9.90. The second kappa shape index (κ2) is 12.0. The van der Waals surface area contributed by atoms with Crippen LogP contribution >= 0.6 is 0 Å². The van der Waals surface area contributed by atoms with Crippen LogP contribution in [-0.2, 0) is 11.2 Å². The molecule has 0 bridgehead atoms. The highest BCUT2D eigenvalue weighted by Crippen LogP contribution is 2.35. The number of ether oxygens (including phenoxy) is 1. The molecule has 1 fully saturated rings. The third-order valence-corrected chi connectivity index (χ3v) is 7.07. The smallest absolute Gasteiger partial charge is 0.167 e. The van der Waals surface area contributed by atoms with E-state index in [1.807, 2.05) is 0 Å². The molecule has 0 aromatic heterocycles. The Labute approximate surface area is 215 Å². The Kier molecular flexibility index (Phi) is 8.80. The average Bonchev–Trinajstić information content (AvgIpc) is 2.89. The summed E-state index contributed by atoms with van der Waals surface area (Å²) in [6.45, 7) is 4.51. The van der Waals surface area contributed by atoms with E-state index in [-0.39, 0.29) is 34.3 Å². The topological polar surface area (TPSA) is 9.23 Å². The van der Waals surface area contributed by atoms with Gasteiger partial charge in [0.1, 0.15) is 5.82 Å². The first-order valence-corrected chi connectivity index (χ1v) is 12.8. The Morgan fingerprint density at radius 3 is 2.00 bits per heavy atom. The minimum absolute atomic E-state index is 0.120. The number of halogens is 5. The van der Waals surface area contributed by atoms with Crippen molar-refractivity contribution in [3.05, 3.63) is 88.8 Å². The molecule has 0 N–H and O–H groups in total. The lowest BCUT2D eigenvalue weighted by Gasteiger charge is -2.29. The van der Waals surface area contributed by atoms with E-state index < -0.39 is 34.6 Å². The molecule has 0 aliphatic carbocycles. The van der Waals surface area contributed by atoms with Gasteiger partial charge in [0.15, 0.2) is 23.3 Å². The van der Waals surface area contributed by atoms with Crippen molar-refractivity contribution < 1.29 is 26.7 Å². The molecule has 0 spiro atoms. The van der Waals surface area contributed by atoms with Gasteiger partial charge in [-0.2, -0.15) is 0 Å². The summed E-state index contributed by atoms with van der Waals surface area (Å²) in [5, 5.41) is 0. The lowest BCUT2D eigenvalue weighted by molar-refractivity contribution is -0.0218. The number of hydrogen-bond donors (Lipinski definition) is 0. The fraction of sp³-hybridized carbons (Fsp3) is 0.355. The molecule has 196 valence electrons. The molecule has 3 aromatic carbocycles. The van der Waals surface area contributed by atoms with Crippen molar-refractivity contribution in [1.29, 1.82) is 0 Å². The largest absolute Gasteiger partial charge is 0.378 e. The van der Waals surface area contributed by atoms with Crippen LogP contribution in [0.2, 0.25) is 0 Å². The third kappa shape index (κ3) is 5.96. The number of rotatable bonds is 8. The highest BCUT2D eigenvalue weighted by Gasteiger charge is 2.24. The van der Waals surface area contributed by atoms with E-state index in [2.05, 4.69) is 6.92 Å². The van der Waals surface area contributed by atoms with E-state index >= 15 is 8.78 Å². The van der Waals surface area contributed by atoms with E-state index in [9.17, 15) is 13.2 Å². The maximum absolute atomic E-state index is 15.0. The van der Waals surface area contributed by atoms with Crippen molar-refractivity contribution in [3.8, 4) is 22.3 Å². The Hall–Kier alpha value is -2.99. The van der Waals surface area contributed by atoms with Crippen molar-refractivity contribution in [1.82, 2.24) is 0 Å². The van der Waals surface area contributed by atoms with E-state index in [1.54, 1.807) is 25.1 Å². The zero-order valence-corrected chi connectivity index (χ0v) is 21.1. The van der Waals surface area contributed by atoms with Crippen LogP contribution < -0.4 is 0 Å². The number of aryl methyl sites for hydroxylation is 1. The summed E-state index contributed by atoms with van der Waals surface area (Å²) in [5.74, 6) is -5.41.